The molecule has 3 atom stereocenters. The summed E-state index contributed by atoms with van der Waals surface area (Å²) < 4.78 is 22.7. The van der Waals surface area contributed by atoms with Crippen molar-refractivity contribution in [3.8, 4) is 17.2 Å². The van der Waals surface area contributed by atoms with Gasteiger partial charge in [-0.15, -0.1) is 0 Å². The van der Waals surface area contributed by atoms with Crippen LogP contribution in [0.25, 0.3) is 10.8 Å². The van der Waals surface area contributed by atoms with Crippen LogP contribution in [0, 0.1) is 0 Å². The fraction of sp³-hybridized carbons (Fsp3) is 0.444. The summed E-state index contributed by atoms with van der Waals surface area (Å²) in [6.45, 7) is 3.80. The number of benzene rings is 2. The first-order chi connectivity index (χ1) is 11.0. The van der Waals surface area contributed by atoms with Crippen LogP contribution in [0.2, 0.25) is 0 Å². The lowest BCUT2D eigenvalue weighted by molar-refractivity contribution is -0.0823. The van der Waals surface area contributed by atoms with E-state index in [9.17, 15) is 5.11 Å². The molecule has 0 bridgehead atoms. The first-order valence-corrected chi connectivity index (χ1v) is 7.63. The van der Waals surface area contributed by atoms with Gasteiger partial charge in [0.05, 0.1) is 38.9 Å². The molecule has 2 aromatic carbocycles. The summed E-state index contributed by atoms with van der Waals surface area (Å²) in [7, 11) is 4.85. The van der Waals surface area contributed by atoms with Gasteiger partial charge in [-0.2, -0.15) is 0 Å². The van der Waals surface area contributed by atoms with Crippen LogP contribution >= 0.6 is 0 Å². The molecule has 1 heterocycles. The number of aliphatic hydroxyl groups is 1. The van der Waals surface area contributed by atoms with Crippen LogP contribution in [-0.2, 0) is 4.74 Å². The molecule has 0 saturated carbocycles. The van der Waals surface area contributed by atoms with Crippen molar-refractivity contribution < 1.29 is 24.1 Å². The summed E-state index contributed by atoms with van der Waals surface area (Å²) in [5.41, 5.74) is 1.54. The number of rotatable bonds is 3. The largest absolute Gasteiger partial charge is 0.496 e. The second-order valence-corrected chi connectivity index (χ2v) is 5.70. The van der Waals surface area contributed by atoms with Crippen molar-refractivity contribution in [2.75, 3.05) is 21.3 Å². The molecule has 23 heavy (non-hydrogen) atoms. The molecule has 0 aromatic heterocycles. The molecular formula is C18H22O5. The van der Waals surface area contributed by atoms with Gasteiger partial charge >= 0.3 is 0 Å². The highest BCUT2D eigenvalue weighted by atomic mass is 16.5. The number of fused-ring (bicyclic) bond motifs is 2. The van der Waals surface area contributed by atoms with Crippen LogP contribution in [0.1, 0.15) is 37.2 Å². The van der Waals surface area contributed by atoms with Crippen LogP contribution in [0.4, 0.5) is 0 Å². The van der Waals surface area contributed by atoms with Crippen LogP contribution in [0.3, 0.4) is 0 Å². The molecular weight excluding hydrogens is 296 g/mol. The van der Waals surface area contributed by atoms with Gasteiger partial charge in [0.1, 0.15) is 23.4 Å². The van der Waals surface area contributed by atoms with Gasteiger partial charge in [-0.25, -0.2) is 0 Å². The second-order valence-electron chi connectivity index (χ2n) is 5.70. The Labute approximate surface area is 135 Å². The summed E-state index contributed by atoms with van der Waals surface area (Å²) in [6, 6.07) is 5.72. The lowest BCUT2D eigenvalue weighted by Gasteiger charge is -2.35. The fourth-order valence-corrected chi connectivity index (χ4v) is 3.48. The van der Waals surface area contributed by atoms with Gasteiger partial charge in [-0.05, 0) is 19.9 Å². The van der Waals surface area contributed by atoms with E-state index in [1.165, 1.54) is 0 Å². The first-order valence-electron chi connectivity index (χ1n) is 7.63. The van der Waals surface area contributed by atoms with E-state index in [0.717, 1.165) is 21.9 Å². The Bertz CT molecular complexity index is 740. The zero-order valence-corrected chi connectivity index (χ0v) is 14.0. The molecule has 5 heteroatoms. The number of hydrogen-bond donors (Lipinski definition) is 1. The molecule has 124 valence electrons. The molecule has 5 nitrogen and oxygen atoms in total. The number of hydrogen-bond acceptors (Lipinski definition) is 5. The molecule has 0 radical (unpaired) electrons. The Morgan fingerprint density at radius 2 is 1.65 bits per heavy atom. The summed E-state index contributed by atoms with van der Waals surface area (Å²) in [5.74, 6) is 2.00. The van der Waals surface area contributed by atoms with Gasteiger partial charge in [0.15, 0.2) is 0 Å². The molecule has 1 aliphatic heterocycles. The summed E-state index contributed by atoms with van der Waals surface area (Å²) in [5, 5.41) is 12.3. The summed E-state index contributed by atoms with van der Waals surface area (Å²) in [4.78, 5) is 0. The zero-order chi connectivity index (χ0) is 16.7. The van der Waals surface area contributed by atoms with Gasteiger partial charge in [-0.1, -0.05) is 12.1 Å². The maximum absolute atomic E-state index is 10.7. The van der Waals surface area contributed by atoms with E-state index >= 15 is 0 Å². The average Bonchev–Trinajstić information content (AvgIpc) is 2.56. The first kappa shape index (κ1) is 15.9. The molecule has 2 aromatic rings. The number of aliphatic hydroxyl groups excluding tert-OH is 1. The minimum absolute atomic E-state index is 0.221. The standard InChI is InChI=1S/C18H22O5/c1-9-13-15(16(19)10(2)23-9)17(21-4)11-7-6-8-12(20-3)14(11)18(13)22-5/h6-10,16,19H,1-5H3/t9-,10-,16+/m1/s1. The molecule has 0 saturated heterocycles. The predicted molar refractivity (Wildman–Crippen MR) is 87.5 cm³/mol. The van der Waals surface area contributed by atoms with Crippen molar-refractivity contribution >= 4 is 10.8 Å². The molecule has 0 unspecified atom stereocenters. The van der Waals surface area contributed by atoms with Gasteiger partial charge in [0.2, 0.25) is 0 Å². The minimum Gasteiger partial charge on any atom is -0.496 e. The van der Waals surface area contributed by atoms with Gasteiger partial charge in [0, 0.05) is 16.5 Å². The number of ether oxygens (including phenoxy) is 4. The van der Waals surface area contributed by atoms with Gasteiger partial charge in [0.25, 0.3) is 0 Å². The molecule has 0 spiro atoms. The third kappa shape index (κ3) is 2.23. The lowest BCUT2D eigenvalue weighted by Crippen LogP contribution is -2.28. The maximum Gasteiger partial charge on any atom is 0.136 e. The lowest BCUT2D eigenvalue weighted by atomic mass is 9.87. The highest BCUT2D eigenvalue weighted by Gasteiger charge is 2.37. The Morgan fingerprint density at radius 3 is 2.26 bits per heavy atom. The molecule has 1 N–H and O–H groups in total. The molecule has 3 rings (SSSR count). The van der Waals surface area contributed by atoms with Crippen molar-refractivity contribution in [1.82, 2.24) is 0 Å². The molecule has 0 aliphatic carbocycles. The Kier molecular flexibility index (Phi) is 4.08. The van der Waals surface area contributed by atoms with E-state index in [-0.39, 0.29) is 12.2 Å². The van der Waals surface area contributed by atoms with E-state index in [1.807, 2.05) is 32.0 Å². The monoisotopic (exact) mass is 318 g/mol. The van der Waals surface area contributed by atoms with Gasteiger partial charge < -0.3 is 24.1 Å². The van der Waals surface area contributed by atoms with Crippen molar-refractivity contribution in [2.24, 2.45) is 0 Å². The fourth-order valence-electron chi connectivity index (χ4n) is 3.48. The summed E-state index contributed by atoms with van der Waals surface area (Å²) in [6.07, 6.45) is -1.32. The van der Waals surface area contributed by atoms with E-state index in [1.54, 1.807) is 21.3 Å². The molecule has 0 amide bonds. The normalized spacial score (nSPS) is 23.5. The highest BCUT2D eigenvalue weighted by molar-refractivity contribution is 6.00. The summed E-state index contributed by atoms with van der Waals surface area (Å²) >= 11 is 0. The SMILES string of the molecule is COc1c2c(c(OC)c3c(OC)cccc13)[C@@H](C)O[C@H](C)[C@@H]2O. The number of methoxy groups -OCH3 is 3. The third-order valence-electron chi connectivity index (χ3n) is 4.47. The van der Waals surface area contributed by atoms with Crippen LogP contribution < -0.4 is 14.2 Å². The average molecular weight is 318 g/mol. The molecule has 1 aliphatic rings. The van der Waals surface area contributed by atoms with E-state index in [4.69, 9.17) is 18.9 Å². The highest BCUT2D eigenvalue weighted by Crippen LogP contribution is 2.52. The van der Waals surface area contributed by atoms with E-state index < -0.39 is 6.10 Å². The topological polar surface area (TPSA) is 57.2 Å². The van der Waals surface area contributed by atoms with E-state index in [0.29, 0.717) is 17.2 Å². The van der Waals surface area contributed by atoms with E-state index in [2.05, 4.69) is 0 Å². The smallest absolute Gasteiger partial charge is 0.136 e. The molecule has 0 fully saturated rings. The Balaban J connectivity index is 2.51. The zero-order valence-electron chi connectivity index (χ0n) is 14.0. The van der Waals surface area contributed by atoms with Crippen LogP contribution in [-0.4, -0.2) is 32.5 Å². The quantitative estimate of drug-likeness (QED) is 0.940. The van der Waals surface area contributed by atoms with Crippen LogP contribution in [0.15, 0.2) is 18.2 Å². The van der Waals surface area contributed by atoms with Gasteiger partial charge in [-0.3, -0.25) is 0 Å². The van der Waals surface area contributed by atoms with Crippen molar-refractivity contribution in [2.45, 2.75) is 32.2 Å². The third-order valence-corrected chi connectivity index (χ3v) is 4.47. The van der Waals surface area contributed by atoms with Crippen molar-refractivity contribution in [1.29, 1.82) is 0 Å². The minimum atomic E-state index is -0.777. The maximum atomic E-state index is 10.7. The predicted octanol–water partition coefficient (Wildman–Crippen LogP) is 3.38. The van der Waals surface area contributed by atoms with Crippen LogP contribution in [0.5, 0.6) is 17.2 Å². The van der Waals surface area contributed by atoms with Crippen molar-refractivity contribution in [3.63, 3.8) is 0 Å². The van der Waals surface area contributed by atoms with Crippen molar-refractivity contribution in [3.05, 3.63) is 29.3 Å². The second kappa shape index (κ2) is 5.91. The Morgan fingerprint density at radius 1 is 0.957 bits per heavy atom. The Hall–Kier alpha value is -1.98.